The first kappa shape index (κ1) is 10.9. The molecular formula is C9H15F2N3. The van der Waals surface area contributed by atoms with Crippen molar-refractivity contribution in [2.75, 3.05) is 5.73 Å². The zero-order valence-electron chi connectivity index (χ0n) is 8.43. The number of aromatic nitrogens is 2. The van der Waals surface area contributed by atoms with Crippen LogP contribution in [0.2, 0.25) is 0 Å². The molecule has 0 aliphatic carbocycles. The molecule has 3 nitrogen and oxygen atoms in total. The second kappa shape index (κ2) is 4.39. The first-order valence-electron chi connectivity index (χ1n) is 4.72. The molecule has 0 aliphatic rings. The highest BCUT2D eigenvalue weighted by Gasteiger charge is 2.15. The Kier molecular flexibility index (Phi) is 3.43. The standard InChI is InChI=1S/C9H15F2N3/c1-3-6-9(12)7(4-2)14(13-6)5-8(10)11/h8H,3-5,12H2,1-2H3. The second-order valence-corrected chi connectivity index (χ2v) is 3.09. The monoisotopic (exact) mass is 203 g/mol. The topological polar surface area (TPSA) is 43.8 Å². The summed E-state index contributed by atoms with van der Waals surface area (Å²) >= 11 is 0. The Hall–Kier alpha value is -1.13. The lowest BCUT2D eigenvalue weighted by atomic mass is 10.2. The van der Waals surface area contributed by atoms with Gasteiger partial charge in [-0.3, -0.25) is 4.68 Å². The third-order valence-electron chi connectivity index (χ3n) is 2.16. The largest absolute Gasteiger partial charge is 0.396 e. The van der Waals surface area contributed by atoms with Gasteiger partial charge in [-0.1, -0.05) is 13.8 Å². The van der Waals surface area contributed by atoms with Gasteiger partial charge in [0.05, 0.1) is 17.1 Å². The minimum atomic E-state index is -2.38. The number of halogens is 2. The molecule has 0 bridgehead atoms. The Morgan fingerprint density at radius 3 is 2.43 bits per heavy atom. The molecule has 1 aromatic heterocycles. The van der Waals surface area contributed by atoms with E-state index in [1.807, 2.05) is 13.8 Å². The Morgan fingerprint density at radius 2 is 2.00 bits per heavy atom. The summed E-state index contributed by atoms with van der Waals surface area (Å²) in [7, 11) is 0. The molecule has 1 heterocycles. The van der Waals surface area contributed by atoms with Gasteiger partial charge in [0, 0.05) is 0 Å². The number of alkyl halides is 2. The van der Waals surface area contributed by atoms with E-state index >= 15 is 0 Å². The molecule has 80 valence electrons. The van der Waals surface area contributed by atoms with Crippen LogP contribution in [-0.4, -0.2) is 16.2 Å². The number of anilines is 1. The van der Waals surface area contributed by atoms with Crippen molar-refractivity contribution >= 4 is 5.69 Å². The van der Waals surface area contributed by atoms with Gasteiger partial charge in [-0.2, -0.15) is 5.10 Å². The summed E-state index contributed by atoms with van der Waals surface area (Å²) in [6, 6.07) is 0. The highest BCUT2D eigenvalue weighted by Crippen LogP contribution is 2.19. The summed E-state index contributed by atoms with van der Waals surface area (Å²) < 4.78 is 25.7. The third-order valence-corrected chi connectivity index (χ3v) is 2.16. The van der Waals surface area contributed by atoms with E-state index in [0.29, 0.717) is 29.9 Å². The van der Waals surface area contributed by atoms with E-state index in [4.69, 9.17) is 5.73 Å². The molecule has 0 fully saturated rings. The first-order chi connectivity index (χ1) is 6.60. The fourth-order valence-electron chi connectivity index (χ4n) is 1.48. The van der Waals surface area contributed by atoms with E-state index in [0.717, 1.165) is 0 Å². The minimum Gasteiger partial charge on any atom is -0.396 e. The highest BCUT2D eigenvalue weighted by atomic mass is 19.3. The van der Waals surface area contributed by atoms with Gasteiger partial charge in [0.1, 0.15) is 6.54 Å². The molecule has 0 aromatic carbocycles. The zero-order chi connectivity index (χ0) is 10.7. The summed E-state index contributed by atoms with van der Waals surface area (Å²) in [4.78, 5) is 0. The molecular weight excluding hydrogens is 188 g/mol. The molecule has 0 spiro atoms. The quantitative estimate of drug-likeness (QED) is 0.811. The van der Waals surface area contributed by atoms with Crippen LogP contribution < -0.4 is 5.73 Å². The van der Waals surface area contributed by atoms with Crippen LogP contribution in [0.3, 0.4) is 0 Å². The summed E-state index contributed by atoms with van der Waals surface area (Å²) in [6.07, 6.45) is -1.08. The number of nitrogens with zero attached hydrogens (tertiary/aromatic N) is 2. The second-order valence-electron chi connectivity index (χ2n) is 3.09. The third kappa shape index (κ3) is 2.02. The van der Waals surface area contributed by atoms with Gasteiger partial charge < -0.3 is 5.73 Å². The van der Waals surface area contributed by atoms with Crippen molar-refractivity contribution in [3.63, 3.8) is 0 Å². The molecule has 0 aliphatic heterocycles. The average Bonchev–Trinajstić information content (AvgIpc) is 2.41. The minimum absolute atomic E-state index is 0.368. The maximum Gasteiger partial charge on any atom is 0.257 e. The van der Waals surface area contributed by atoms with Crippen LogP contribution in [0, 0.1) is 0 Å². The molecule has 1 aromatic rings. The van der Waals surface area contributed by atoms with Gasteiger partial charge in [0.2, 0.25) is 0 Å². The molecule has 0 saturated heterocycles. The molecule has 0 unspecified atom stereocenters. The lowest BCUT2D eigenvalue weighted by Crippen LogP contribution is -2.11. The number of nitrogen functional groups attached to an aromatic ring is 1. The lowest BCUT2D eigenvalue weighted by Gasteiger charge is -2.04. The van der Waals surface area contributed by atoms with Crippen molar-refractivity contribution in [3.05, 3.63) is 11.4 Å². The van der Waals surface area contributed by atoms with Crippen molar-refractivity contribution in [1.82, 2.24) is 9.78 Å². The molecule has 0 amide bonds. The van der Waals surface area contributed by atoms with Gasteiger partial charge >= 0.3 is 0 Å². The van der Waals surface area contributed by atoms with E-state index < -0.39 is 6.43 Å². The van der Waals surface area contributed by atoms with Gasteiger partial charge in [-0.05, 0) is 12.8 Å². The average molecular weight is 203 g/mol. The number of rotatable bonds is 4. The van der Waals surface area contributed by atoms with Crippen LogP contribution in [0.4, 0.5) is 14.5 Å². The van der Waals surface area contributed by atoms with E-state index in [2.05, 4.69) is 5.10 Å². The van der Waals surface area contributed by atoms with Crippen LogP contribution in [0.5, 0.6) is 0 Å². The van der Waals surface area contributed by atoms with Crippen molar-refractivity contribution < 1.29 is 8.78 Å². The lowest BCUT2D eigenvalue weighted by molar-refractivity contribution is 0.120. The molecule has 0 atom stereocenters. The molecule has 2 N–H and O–H groups in total. The van der Waals surface area contributed by atoms with Gasteiger partial charge in [-0.15, -0.1) is 0 Å². The Balaban J connectivity index is 3.02. The van der Waals surface area contributed by atoms with E-state index in [-0.39, 0.29) is 6.54 Å². The van der Waals surface area contributed by atoms with Crippen molar-refractivity contribution in [1.29, 1.82) is 0 Å². The summed E-state index contributed by atoms with van der Waals surface area (Å²) in [5, 5.41) is 4.05. The van der Waals surface area contributed by atoms with E-state index in [1.165, 1.54) is 4.68 Å². The van der Waals surface area contributed by atoms with Crippen molar-refractivity contribution in [3.8, 4) is 0 Å². The summed E-state index contributed by atoms with van der Waals surface area (Å²) in [5.41, 5.74) is 7.76. The van der Waals surface area contributed by atoms with Gasteiger partial charge in [0.25, 0.3) is 6.43 Å². The molecule has 14 heavy (non-hydrogen) atoms. The molecule has 0 saturated carbocycles. The van der Waals surface area contributed by atoms with Crippen LogP contribution in [0.1, 0.15) is 25.2 Å². The Morgan fingerprint density at radius 1 is 1.36 bits per heavy atom. The number of hydrogen-bond acceptors (Lipinski definition) is 2. The zero-order valence-corrected chi connectivity index (χ0v) is 8.43. The van der Waals surface area contributed by atoms with Gasteiger partial charge in [0.15, 0.2) is 0 Å². The van der Waals surface area contributed by atoms with Gasteiger partial charge in [-0.25, -0.2) is 8.78 Å². The maximum atomic E-state index is 12.2. The fraction of sp³-hybridized carbons (Fsp3) is 0.667. The van der Waals surface area contributed by atoms with Crippen molar-refractivity contribution in [2.24, 2.45) is 0 Å². The fourth-order valence-corrected chi connectivity index (χ4v) is 1.48. The van der Waals surface area contributed by atoms with Crippen LogP contribution >= 0.6 is 0 Å². The van der Waals surface area contributed by atoms with Crippen LogP contribution in [-0.2, 0) is 19.4 Å². The Bertz CT molecular complexity index is 307. The molecule has 5 heteroatoms. The molecule has 0 radical (unpaired) electrons. The summed E-state index contributed by atoms with van der Waals surface area (Å²) in [6.45, 7) is 3.42. The number of aryl methyl sites for hydroxylation is 1. The van der Waals surface area contributed by atoms with E-state index in [1.54, 1.807) is 0 Å². The van der Waals surface area contributed by atoms with Crippen molar-refractivity contribution in [2.45, 2.75) is 39.7 Å². The number of nitrogens with two attached hydrogens (primary N) is 1. The maximum absolute atomic E-state index is 12.2. The normalized spacial score (nSPS) is 11.2. The summed E-state index contributed by atoms with van der Waals surface area (Å²) in [5.74, 6) is 0. The van der Waals surface area contributed by atoms with E-state index in [9.17, 15) is 8.78 Å². The number of hydrogen-bond donors (Lipinski definition) is 1. The smallest absolute Gasteiger partial charge is 0.257 e. The SMILES string of the molecule is CCc1nn(CC(F)F)c(CC)c1N. The first-order valence-corrected chi connectivity index (χ1v) is 4.72. The predicted molar refractivity (Wildman–Crippen MR) is 51.4 cm³/mol. The van der Waals surface area contributed by atoms with Crippen LogP contribution in [0.25, 0.3) is 0 Å². The predicted octanol–water partition coefficient (Wildman–Crippen LogP) is 1.86. The Labute approximate surface area is 81.9 Å². The van der Waals surface area contributed by atoms with Crippen LogP contribution in [0.15, 0.2) is 0 Å². The highest BCUT2D eigenvalue weighted by molar-refractivity contribution is 5.48. The molecule has 1 rings (SSSR count).